The van der Waals surface area contributed by atoms with Gasteiger partial charge >= 0.3 is 0 Å². The predicted molar refractivity (Wildman–Crippen MR) is 75.9 cm³/mol. The van der Waals surface area contributed by atoms with E-state index in [0.717, 1.165) is 18.5 Å². The average Bonchev–Trinajstić information content (AvgIpc) is 2.35. The van der Waals surface area contributed by atoms with Crippen LogP contribution in [0.4, 0.5) is 4.39 Å². The molecule has 1 aromatic rings. The SMILES string of the molecule is CCCNC(C)c1ccc(OCC2CCC2)c(F)c1. The molecule has 2 nitrogen and oxygen atoms in total. The van der Waals surface area contributed by atoms with E-state index in [0.29, 0.717) is 18.3 Å². The van der Waals surface area contributed by atoms with Gasteiger partial charge in [-0.2, -0.15) is 0 Å². The Labute approximate surface area is 115 Å². The van der Waals surface area contributed by atoms with Gasteiger partial charge in [-0.1, -0.05) is 19.4 Å². The van der Waals surface area contributed by atoms with Crippen LogP contribution >= 0.6 is 0 Å². The lowest BCUT2D eigenvalue weighted by Gasteiger charge is -2.25. The van der Waals surface area contributed by atoms with Gasteiger partial charge in [-0.05, 0) is 56.3 Å². The minimum absolute atomic E-state index is 0.176. The zero-order valence-electron chi connectivity index (χ0n) is 11.9. The van der Waals surface area contributed by atoms with Gasteiger partial charge in [0, 0.05) is 6.04 Å². The van der Waals surface area contributed by atoms with E-state index in [1.807, 2.05) is 6.07 Å². The maximum Gasteiger partial charge on any atom is 0.165 e. The molecule has 1 unspecified atom stereocenters. The predicted octanol–water partition coefficient (Wildman–Crippen LogP) is 4.07. The fraction of sp³-hybridized carbons (Fsp3) is 0.625. The molecule has 0 saturated heterocycles. The molecule has 1 saturated carbocycles. The second-order valence-corrected chi connectivity index (χ2v) is 5.47. The smallest absolute Gasteiger partial charge is 0.165 e. The van der Waals surface area contributed by atoms with E-state index < -0.39 is 0 Å². The number of nitrogens with one attached hydrogen (secondary N) is 1. The average molecular weight is 265 g/mol. The minimum atomic E-state index is -0.248. The van der Waals surface area contributed by atoms with Gasteiger partial charge in [-0.3, -0.25) is 0 Å². The molecular weight excluding hydrogens is 241 g/mol. The third-order valence-electron chi connectivity index (χ3n) is 3.86. The molecular formula is C16H24FNO. The molecule has 1 aliphatic rings. The van der Waals surface area contributed by atoms with Crippen molar-refractivity contribution in [1.82, 2.24) is 5.32 Å². The molecule has 1 fully saturated rings. The topological polar surface area (TPSA) is 21.3 Å². The number of hydrogen-bond donors (Lipinski definition) is 1. The quantitative estimate of drug-likeness (QED) is 0.802. The number of benzene rings is 1. The highest BCUT2D eigenvalue weighted by Gasteiger charge is 2.18. The highest BCUT2D eigenvalue weighted by atomic mass is 19.1. The van der Waals surface area contributed by atoms with Crippen LogP contribution in [-0.4, -0.2) is 13.2 Å². The maximum atomic E-state index is 14.0. The fourth-order valence-corrected chi connectivity index (χ4v) is 2.25. The monoisotopic (exact) mass is 265 g/mol. The van der Waals surface area contributed by atoms with Gasteiger partial charge in [0.1, 0.15) is 0 Å². The molecule has 1 N–H and O–H groups in total. The van der Waals surface area contributed by atoms with Crippen LogP contribution in [0, 0.1) is 11.7 Å². The van der Waals surface area contributed by atoms with Gasteiger partial charge in [0.15, 0.2) is 11.6 Å². The Bertz CT molecular complexity index is 404. The molecule has 0 heterocycles. The van der Waals surface area contributed by atoms with Crippen molar-refractivity contribution in [1.29, 1.82) is 0 Å². The summed E-state index contributed by atoms with van der Waals surface area (Å²) in [5.41, 5.74) is 0.974. The van der Waals surface area contributed by atoms with E-state index in [4.69, 9.17) is 4.74 Å². The molecule has 0 radical (unpaired) electrons. The first kappa shape index (κ1) is 14.3. The van der Waals surface area contributed by atoms with Crippen LogP contribution in [-0.2, 0) is 0 Å². The summed E-state index contributed by atoms with van der Waals surface area (Å²) in [4.78, 5) is 0. The van der Waals surface area contributed by atoms with Gasteiger partial charge in [-0.15, -0.1) is 0 Å². The van der Waals surface area contributed by atoms with Gasteiger partial charge in [0.2, 0.25) is 0 Å². The third kappa shape index (κ3) is 3.93. The van der Waals surface area contributed by atoms with E-state index in [-0.39, 0.29) is 11.9 Å². The summed E-state index contributed by atoms with van der Waals surface area (Å²) in [5.74, 6) is 0.768. The molecule has 1 atom stereocenters. The number of halogens is 1. The first-order chi connectivity index (χ1) is 9.20. The molecule has 3 heteroatoms. The lowest BCUT2D eigenvalue weighted by molar-refractivity contribution is 0.175. The Morgan fingerprint density at radius 3 is 2.79 bits per heavy atom. The number of rotatable bonds is 7. The maximum absolute atomic E-state index is 14.0. The second-order valence-electron chi connectivity index (χ2n) is 5.47. The molecule has 2 rings (SSSR count). The standard InChI is InChI=1S/C16H24FNO/c1-3-9-18-12(2)14-7-8-16(15(17)10-14)19-11-13-5-4-6-13/h7-8,10,12-13,18H,3-6,9,11H2,1-2H3. The van der Waals surface area contributed by atoms with Crippen molar-refractivity contribution >= 4 is 0 Å². The van der Waals surface area contributed by atoms with Crippen molar-refractivity contribution in [2.75, 3.05) is 13.2 Å². The molecule has 0 bridgehead atoms. The van der Waals surface area contributed by atoms with Crippen molar-refractivity contribution in [3.8, 4) is 5.75 Å². The Kier molecular flexibility index (Phi) is 5.20. The van der Waals surface area contributed by atoms with Crippen LogP contribution in [0.2, 0.25) is 0 Å². The summed E-state index contributed by atoms with van der Waals surface area (Å²) in [7, 11) is 0. The van der Waals surface area contributed by atoms with E-state index in [2.05, 4.69) is 19.2 Å². The lowest BCUT2D eigenvalue weighted by Crippen LogP contribution is -2.20. The van der Waals surface area contributed by atoms with Crippen molar-refractivity contribution in [3.05, 3.63) is 29.6 Å². The van der Waals surface area contributed by atoms with Gasteiger partial charge in [-0.25, -0.2) is 4.39 Å². The highest BCUT2D eigenvalue weighted by Crippen LogP contribution is 2.28. The van der Waals surface area contributed by atoms with E-state index in [1.165, 1.54) is 19.3 Å². The highest BCUT2D eigenvalue weighted by molar-refractivity contribution is 5.30. The first-order valence-electron chi connectivity index (χ1n) is 7.36. The minimum Gasteiger partial charge on any atom is -0.490 e. The summed E-state index contributed by atoms with van der Waals surface area (Å²) in [6, 6.07) is 5.47. The largest absolute Gasteiger partial charge is 0.490 e. The molecule has 0 amide bonds. The fourth-order valence-electron chi connectivity index (χ4n) is 2.25. The first-order valence-corrected chi connectivity index (χ1v) is 7.36. The van der Waals surface area contributed by atoms with Crippen LogP contribution in [0.3, 0.4) is 0 Å². The van der Waals surface area contributed by atoms with Crippen molar-refractivity contribution in [2.45, 2.75) is 45.6 Å². The lowest BCUT2D eigenvalue weighted by atomic mass is 9.86. The molecule has 1 aliphatic carbocycles. The molecule has 0 aliphatic heterocycles. The second kappa shape index (κ2) is 6.90. The summed E-state index contributed by atoms with van der Waals surface area (Å²) in [5, 5.41) is 3.36. The van der Waals surface area contributed by atoms with Crippen LogP contribution in [0.5, 0.6) is 5.75 Å². The summed E-state index contributed by atoms with van der Waals surface area (Å²) in [6.45, 7) is 5.78. The van der Waals surface area contributed by atoms with E-state index in [1.54, 1.807) is 12.1 Å². The normalized spacial score (nSPS) is 17.0. The van der Waals surface area contributed by atoms with E-state index >= 15 is 0 Å². The Hall–Kier alpha value is -1.09. The molecule has 106 valence electrons. The van der Waals surface area contributed by atoms with E-state index in [9.17, 15) is 4.39 Å². The Morgan fingerprint density at radius 2 is 2.21 bits per heavy atom. The Balaban J connectivity index is 1.91. The van der Waals surface area contributed by atoms with Crippen LogP contribution in [0.25, 0.3) is 0 Å². The summed E-state index contributed by atoms with van der Waals surface area (Å²) >= 11 is 0. The zero-order chi connectivity index (χ0) is 13.7. The van der Waals surface area contributed by atoms with Crippen LogP contribution in [0.15, 0.2) is 18.2 Å². The van der Waals surface area contributed by atoms with Crippen LogP contribution < -0.4 is 10.1 Å². The number of hydrogen-bond acceptors (Lipinski definition) is 2. The molecule has 0 aromatic heterocycles. The number of ether oxygens (including phenoxy) is 1. The van der Waals surface area contributed by atoms with Crippen molar-refractivity contribution in [2.24, 2.45) is 5.92 Å². The van der Waals surface area contributed by atoms with Crippen LogP contribution in [0.1, 0.15) is 51.1 Å². The summed E-state index contributed by atoms with van der Waals surface area (Å²) in [6.07, 6.45) is 4.81. The van der Waals surface area contributed by atoms with Gasteiger partial charge in [0.05, 0.1) is 6.61 Å². The van der Waals surface area contributed by atoms with Gasteiger partial charge in [0.25, 0.3) is 0 Å². The van der Waals surface area contributed by atoms with Gasteiger partial charge < -0.3 is 10.1 Å². The molecule has 0 spiro atoms. The molecule has 19 heavy (non-hydrogen) atoms. The summed E-state index contributed by atoms with van der Waals surface area (Å²) < 4.78 is 19.5. The third-order valence-corrected chi connectivity index (χ3v) is 3.86. The zero-order valence-corrected chi connectivity index (χ0v) is 11.9. The van der Waals surface area contributed by atoms with Crippen molar-refractivity contribution in [3.63, 3.8) is 0 Å². The Morgan fingerprint density at radius 1 is 1.42 bits per heavy atom. The molecule has 1 aromatic carbocycles. The van der Waals surface area contributed by atoms with Crippen molar-refractivity contribution < 1.29 is 9.13 Å².